The molecule has 0 spiro atoms. The molecule has 0 amide bonds. The monoisotopic (exact) mass is 179 g/mol. The highest BCUT2D eigenvalue weighted by molar-refractivity contribution is 5.64. The Labute approximate surface area is 78.6 Å². The van der Waals surface area contributed by atoms with Gasteiger partial charge in [0.25, 0.3) is 0 Å². The molecular weight excluding hydrogens is 164 g/mol. The number of rotatable bonds is 1. The zero-order chi connectivity index (χ0) is 10.0. The molecule has 3 nitrogen and oxygen atoms in total. The van der Waals surface area contributed by atoms with E-state index >= 15 is 0 Å². The van der Waals surface area contributed by atoms with Crippen molar-refractivity contribution >= 4 is 11.6 Å². The van der Waals surface area contributed by atoms with Gasteiger partial charge < -0.3 is 4.90 Å². The number of hydrogen-bond donors (Lipinski definition) is 0. The number of pyridine rings is 1. The lowest BCUT2D eigenvalue weighted by Crippen LogP contribution is -2.42. The Morgan fingerprint density at radius 3 is 2.46 bits per heavy atom. The molecule has 0 fully saturated rings. The van der Waals surface area contributed by atoms with Gasteiger partial charge in [-0.2, -0.15) is 0 Å². The molecule has 0 radical (unpaired) electrons. The van der Waals surface area contributed by atoms with Crippen molar-refractivity contribution in [1.29, 1.82) is 0 Å². The zero-order valence-electron chi connectivity index (χ0n) is 8.53. The summed E-state index contributed by atoms with van der Waals surface area (Å²) < 4.78 is 1.63. The molecule has 1 aromatic heterocycles. The number of aromatic nitrogens is 1. The molecule has 0 aliphatic heterocycles. The Morgan fingerprint density at radius 2 is 2.08 bits per heavy atom. The smallest absolute Gasteiger partial charge is 0.377 e. The van der Waals surface area contributed by atoms with Gasteiger partial charge in [0.1, 0.15) is 0 Å². The first-order valence-electron chi connectivity index (χ1n) is 4.23. The summed E-state index contributed by atoms with van der Waals surface area (Å²) in [6.45, 7) is 3.48. The molecule has 0 bridgehead atoms. The van der Waals surface area contributed by atoms with E-state index in [0.29, 0.717) is 0 Å². The minimum atomic E-state index is 0.0443. The van der Waals surface area contributed by atoms with E-state index in [4.69, 9.17) is 0 Å². The third-order valence-corrected chi connectivity index (χ3v) is 1.99. The molecule has 0 N–H and O–H groups in total. The van der Waals surface area contributed by atoms with Crippen molar-refractivity contribution < 1.29 is 9.36 Å². The minimum Gasteiger partial charge on any atom is -0.377 e. The van der Waals surface area contributed by atoms with Gasteiger partial charge in [-0.25, -0.2) is 4.79 Å². The number of carbonyl (C=O) groups is 1. The number of anilines is 1. The molecule has 1 heterocycles. The summed E-state index contributed by atoms with van der Waals surface area (Å²) in [7, 11) is 3.96. The minimum absolute atomic E-state index is 0.0443. The number of nitrogens with zero attached hydrogens (tertiary/aromatic N) is 2. The van der Waals surface area contributed by atoms with Crippen LogP contribution in [0.1, 0.15) is 17.4 Å². The lowest BCUT2D eigenvalue weighted by molar-refractivity contribution is -0.579. The predicted molar refractivity (Wildman–Crippen MR) is 52.0 cm³/mol. The van der Waals surface area contributed by atoms with Crippen molar-refractivity contribution in [3.63, 3.8) is 0 Å². The van der Waals surface area contributed by atoms with Gasteiger partial charge in [0, 0.05) is 38.8 Å². The molecule has 1 aromatic rings. The highest BCUT2D eigenvalue weighted by Crippen LogP contribution is 2.08. The van der Waals surface area contributed by atoms with Crippen molar-refractivity contribution in [2.75, 3.05) is 19.0 Å². The summed E-state index contributed by atoms with van der Waals surface area (Å²) in [5, 5.41) is 0. The van der Waals surface area contributed by atoms with Crippen LogP contribution in [-0.2, 0) is 0 Å². The molecule has 0 aromatic carbocycles. The van der Waals surface area contributed by atoms with E-state index in [1.165, 1.54) is 0 Å². The largest absolute Gasteiger partial charge is 0.389 e. The van der Waals surface area contributed by atoms with Crippen LogP contribution in [0.5, 0.6) is 0 Å². The Kier molecular flexibility index (Phi) is 2.66. The van der Waals surface area contributed by atoms with Crippen molar-refractivity contribution in [3.8, 4) is 0 Å². The average Bonchev–Trinajstić information content (AvgIpc) is 2.03. The molecule has 0 aliphatic rings. The molecule has 1 rings (SSSR count). The normalized spacial score (nSPS) is 9.85. The van der Waals surface area contributed by atoms with E-state index < -0.39 is 0 Å². The Morgan fingerprint density at radius 1 is 1.46 bits per heavy atom. The Hall–Kier alpha value is -1.38. The highest BCUT2D eigenvalue weighted by atomic mass is 16.1. The maximum absolute atomic E-state index is 11.1. The highest BCUT2D eigenvalue weighted by Gasteiger charge is 2.12. The van der Waals surface area contributed by atoms with Gasteiger partial charge in [0.2, 0.25) is 0 Å². The van der Waals surface area contributed by atoms with Crippen molar-refractivity contribution in [2.45, 2.75) is 13.8 Å². The second kappa shape index (κ2) is 3.56. The first kappa shape index (κ1) is 9.71. The number of carbonyl (C=O) groups excluding carboxylic acids is 1. The quantitative estimate of drug-likeness (QED) is 0.601. The second-order valence-corrected chi connectivity index (χ2v) is 3.31. The number of aryl methyl sites for hydroxylation is 1. The molecule has 3 heteroatoms. The van der Waals surface area contributed by atoms with Crippen LogP contribution in [0.2, 0.25) is 0 Å². The van der Waals surface area contributed by atoms with Crippen molar-refractivity contribution in [3.05, 3.63) is 24.0 Å². The molecule has 0 atom stereocenters. The van der Waals surface area contributed by atoms with E-state index in [-0.39, 0.29) is 5.91 Å². The van der Waals surface area contributed by atoms with Gasteiger partial charge in [-0.3, -0.25) is 0 Å². The van der Waals surface area contributed by atoms with E-state index in [1.54, 1.807) is 17.7 Å². The fourth-order valence-electron chi connectivity index (χ4n) is 1.23. The van der Waals surface area contributed by atoms with Gasteiger partial charge in [0.05, 0.1) is 6.92 Å². The molecular formula is C10H15N2O+. The lowest BCUT2D eigenvalue weighted by atomic mass is 10.3. The molecule has 0 saturated carbocycles. The fourth-order valence-corrected chi connectivity index (χ4v) is 1.23. The van der Waals surface area contributed by atoms with Gasteiger partial charge in [-0.15, -0.1) is 4.57 Å². The van der Waals surface area contributed by atoms with Crippen LogP contribution in [0.3, 0.4) is 0 Å². The van der Waals surface area contributed by atoms with E-state index in [0.717, 1.165) is 11.4 Å². The Balaban J connectivity index is 3.13. The van der Waals surface area contributed by atoms with E-state index in [9.17, 15) is 4.79 Å². The summed E-state index contributed by atoms with van der Waals surface area (Å²) in [6.07, 6.45) is 1.80. The van der Waals surface area contributed by atoms with Crippen LogP contribution in [0, 0.1) is 6.92 Å². The maximum atomic E-state index is 11.1. The van der Waals surface area contributed by atoms with Gasteiger partial charge in [-0.1, -0.05) is 0 Å². The van der Waals surface area contributed by atoms with Gasteiger partial charge in [-0.05, 0) is 0 Å². The molecule has 0 saturated heterocycles. The van der Waals surface area contributed by atoms with Crippen molar-refractivity contribution in [2.24, 2.45) is 0 Å². The second-order valence-electron chi connectivity index (χ2n) is 3.31. The zero-order valence-corrected chi connectivity index (χ0v) is 8.53. The van der Waals surface area contributed by atoms with E-state index in [2.05, 4.69) is 0 Å². The maximum Gasteiger partial charge on any atom is 0.389 e. The third kappa shape index (κ3) is 2.05. The SMILES string of the molecule is CC(=O)[n+]1ccc(N(C)C)cc1C. The van der Waals surface area contributed by atoms with Gasteiger partial charge >= 0.3 is 5.91 Å². The molecule has 70 valence electrons. The summed E-state index contributed by atoms with van der Waals surface area (Å²) in [5.41, 5.74) is 2.06. The molecule has 0 aliphatic carbocycles. The molecule has 13 heavy (non-hydrogen) atoms. The van der Waals surface area contributed by atoms with Crippen LogP contribution in [0.15, 0.2) is 18.3 Å². The van der Waals surface area contributed by atoms with Gasteiger partial charge in [0.15, 0.2) is 11.9 Å². The van der Waals surface area contributed by atoms with Crippen LogP contribution in [0.25, 0.3) is 0 Å². The van der Waals surface area contributed by atoms with Crippen LogP contribution in [-0.4, -0.2) is 20.0 Å². The van der Waals surface area contributed by atoms with Crippen LogP contribution in [0.4, 0.5) is 5.69 Å². The summed E-state index contributed by atoms with van der Waals surface area (Å²) in [5.74, 6) is 0.0443. The fraction of sp³-hybridized carbons (Fsp3) is 0.400. The lowest BCUT2D eigenvalue weighted by Gasteiger charge is -2.11. The predicted octanol–water partition coefficient (Wildman–Crippen LogP) is 1.01. The molecule has 0 unspecified atom stereocenters. The third-order valence-electron chi connectivity index (χ3n) is 1.99. The first-order chi connectivity index (χ1) is 6.02. The summed E-state index contributed by atoms with van der Waals surface area (Å²) in [4.78, 5) is 13.1. The number of hydrogen-bond acceptors (Lipinski definition) is 2. The van der Waals surface area contributed by atoms with Crippen molar-refractivity contribution in [1.82, 2.24) is 0 Å². The standard InChI is InChI=1S/C10H15N2O/c1-8-7-10(11(3)4)5-6-12(8)9(2)13/h5-7H,1-4H3/q+1. The first-order valence-corrected chi connectivity index (χ1v) is 4.23. The van der Waals surface area contributed by atoms with E-state index in [1.807, 2.05) is 38.1 Å². The van der Waals surface area contributed by atoms with Crippen LogP contribution >= 0.6 is 0 Å². The average molecular weight is 179 g/mol. The van der Waals surface area contributed by atoms with Crippen LogP contribution < -0.4 is 9.47 Å². The topological polar surface area (TPSA) is 24.2 Å². The summed E-state index contributed by atoms with van der Waals surface area (Å²) in [6, 6.07) is 3.91. The summed E-state index contributed by atoms with van der Waals surface area (Å²) >= 11 is 0. The Bertz CT molecular complexity index is 332.